The minimum atomic E-state index is -4.41. The molecule has 0 saturated heterocycles. The van der Waals surface area contributed by atoms with Gasteiger partial charge in [0.1, 0.15) is 0 Å². The van der Waals surface area contributed by atoms with Gasteiger partial charge in [0.25, 0.3) is 0 Å². The number of alkyl halides is 3. The smallest absolute Gasteiger partial charge is 0.278 e. The van der Waals surface area contributed by atoms with Crippen LogP contribution in [0.15, 0.2) is 47.6 Å². The van der Waals surface area contributed by atoms with Crippen molar-refractivity contribution >= 4 is 23.5 Å². The standard InChI is InChI=1S/C15H12ClF3N2/c1-10-6-7-12(8-14(10)16)21-20-9-11-4-2-3-5-13(11)15(17,18)19/h2-9,21H,1H3/b20-9-. The summed E-state index contributed by atoms with van der Waals surface area (Å²) in [5, 5.41) is 4.38. The van der Waals surface area contributed by atoms with E-state index in [-0.39, 0.29) is 5.56 Å². The molecule has 0 spiro atoms. The Morgan fingerprint density at radius 1 is 1.14 bits per heavy atom. The van der Waals surface area contributed by atoms with Gasteiger partial charge in [-0.1, -0.05) is 35.9 Å². The minimum Gasteiger partial charge on any atom is -0.278 e. The molecule has 0 atom stereocenters. The van der Waals surface area contributed by atoms with Crippen LogP contribution < -0.4 is 5.43 Å². The second kappa shape index (κ2) is 6.18. The van der Waals surface area contributed by atoms with Crippen LogP contribution in [0.1, 0.15) is 16.7 Å². The van der Waals surface area contributed by atoms with E-state index in [4.69, 9.17) is 11.6 Å². The van der Waals surface area contributed by atoms with E-state index >= 15 is 0 Å². The van der Waals surface area contributed by atoms with Gasteiger partial charge in [-0.25, -0.2) is 0 Å². The van der Waals surface area contributed by atoms with Gasteiger partial charge in [0.05, 0.1) is 17.5 Å². The molecule has 0 aliphatic heterocycles. The highest BCUT2D eigenvalue weighted by Gasteiger charge is 2.32. The van der Waals surface area contributed by atoms with Crippen LogP contribution in [0.25, 0.3) is 0 Å². The first kappa shape index (κ1) is 15.4. The molecule has 0 amide bonds. The minimum absolute atomic E-state index is 0.00397. The van der Waals surface area contributed by atoms with Crippen LogP contribution in [0.4, 0.5) is 18.9 Å². The quantitative estimate of drug-likeness (QED) is 0.618. The first-order valence-electron chi connectivity index (χ1n) is 6.09. The lowest BCUT2D eigenvalue weighted by Crippen LogP contribution is -2.08. The van der Waals surface area contributed by atoms with Gasteiger partial charge in [-0.15, -0.1) is 0 Å². The van der Waals surface area contributed by atoms with E-state index in [9.17, 15) is 13.2 Å². The summed E-state index contributed by atoms with van der Waals surface area (Å²) < 4.78 is 38.4. The molecule has 2 nitrogen and oxygen atoms in total. The van der Waals surface area contributed by atoms with Crippen molar-refractivity contribution in [2.75, 3.05) is 5.43 Å². The number of benzene rings is 2. The first-order valence-corrected chi connectivity index (χ1v) is 6.47. The monoisotopic (exact) mass is 312 g/mol. The normalized spacial score (nSPS) is 11.9. The zero-order valence-corrected chi connectivity index (χ0v) is 11.8. The fourth-order valence-electron chi connectivity index (χ4n) is 1.71. The molecule has 6 heteroatoms. The predicted octanol–water partition coefficient (Wildman–Crippen LogP) is 5.11. The fraction of sp³-hybridized carbons (Fsp3) is 0.133. The zero-order chi connectivity index (χ0) is 15.5. The lowest BCUT2D eigenvalue weighted by molar-refractivity contribution is -0.137. The Morgan fingerprint density at radius 3 is 2.52 bits per heavy atom. The lowest BCUT2D eigenvalue weighted by atomic mass is 10.1. The highest BCUT2D eigenvalue weighted by molar-refractivity contribution is 6.31. The third kappa shape index (κ3) is 3.98. The number of hydrogen-bond acceptors (Lipinski definition) is 2. The van der Waals surface area contributed by atoms with Gasteiger partial charge in [0.2, 0.25) is 0 Å². The molecule has 0 bridgehead atoms. The second-order valence-corrected chi connectivity index (χ2v) is 4.83. The molecule has 0 aliphatic carbocycles. The van der Waals surface area contributed by atoms with Gasteiger partial charge in [0, 0.05) is 10.6 Å². The molecular weight excluding hydrogens is 301 g/mol. The van der Waals surface area contributed by atoms with E-state index in [0.29, 0.717) is 10.7 Å². The van der Waals surface area contributed by atoms with Crippen LogP contribution in [0.3, 0.4) is 0 Å². The molecule has 110 valence electrons. The summed E-state index contributed by atoms with van der Waals surface area (Å²) in [7, 11) is 0. The topological polar surface area (TPSA) is 24.4 Å². The number of nitrogens with one attached hydrogen (secondary N) is 1. The predicted molar refractivity (Wildman–Crippen MR) is 78.8 cm³/mol. The average Bonchev–Trinajstić information content (AvgIpc) is 2.42. The molecule has 0 aromatic heterocycles. The molecule has 2 aromatic rings. The summed E-state index contributed by atoms with van der Waals surface area (Å²) in [4.78, 5) is 0. The SMILES string of the molecule is Cc1ccc(N/N=C\c2ccccc2C(F)(F)F)cc1Cl. The van der Waals surface area contributed by atoms with Crippen LogP contribution >= 0.6 is 11.6 Å². The van der Waals surface area contributed by atoms with Crippen molar-refractivity contribution in [1.82, 2.24) is 0 Å². The Labute approximate surface area is 125 Å². The average molecular weight is 313 g/mol. The molecule has 2 rings (SSSR count). The number of aryl methyl sites for hydroxylation is 1. The number of hydrogen-bond donors (Lipinski definition) is 1. The molecule has 1 N–H and O–H groups in total. The maximum absolute atomic E-state index is 12.8. The van der Waals surface area contributed by atoms with E-state index in [1.165, 1.54) is 18.2 Å². The highest BCUT2D eigenvalue weighted by atomic mass is 35.5. The van der Waals surface area contributed by atoms with Gasteiger partial charge in [-0.2, -0.15) is 18.3 Å². The van der Waals surface area contributed by atoms with Gasteiger partial charge in [0.15, 0.2) is 0 Å². The maximum atomic E-state index is 12.8. The molecule has 0 unspecified atom stereocenters. The summed E-state index contributed by atoms with van der Waals surface area (Å²) in [5.41, 5.74) is 3.44. The Kier molecular flexibility index (Phi) is 4.53. The van der Waals surface area contributed by atoms with Crippen molar-refractivity contribution in [2.45, 2.75) is 13.1 Å². The van der Waals surface area contributed by atoms with Crippen LogP contribution in [0, 0.1) is 6.92 Å². The lowest BCUT2D eigenvalue weighted by Gasteiger charge is -2.09. The van der Waals surface area contributed by atoms with Gasteiger partial charge in [-0.3, -0.25) is 5.43 Å². The molecule has 21 heavy (non-hydrogen) atoms. The molecule has 0 aliphatic rings. The van der Waals surface area contributed by atoms with E-state index in [0.717, 1.165) is 17.8 Å². The largest absolute Gasteiger partial charge is 0.417 e. The molecule has 0 radical (unpaired) electrons. The molecular formula is C15H12ClF3N2. The first-order chi connectivity index (χ1) is 9.88. The number of nitrogens with zero attached hydrogens (tertiary/aromatic N) is 1. The number of halogens is 4. The van der Waals surface area contributed by atoms with E-state index in [1.54, 1.807) is 18.2 Å². The van der Waals surface area contributed by atoms with Crippen LogP contribution in [0.2, 0.25) is 5.02 Å². The number of anilines is 1. The van der Waals surface area contributed by atoms with Gasteiger partial charge < -0.3 is 0 Å². The molecule has 0 saturated carbocycles. The fourth-order valence-corrected chi connectivity index (χ4v) is 1.89. The Hall–Kier alpha value is -2.01. The number of hydrazone groups is 1. The summed E-state index contributed by atoms with van der Waals surface area (Å²) >= 11 is 5.95. The molecule has 2 aromatic carbocycles. The summed E-state index contributed by atoms with van der Waals surface area (Å²) in [6.07, 6.45) is -3.27. The van der Waals surface area contributed by atoms with Crippen LogP contribution in [0.5, 0.6) is 0 Å². The third-order valence-electron chi connectivity index (χ3n) is 2.84. The summed E-state index contributed by atoms with van der Waals surface area (Å²) in [5.74, 6) is 0. The van der Waals surface area contributed by atoms with Crippen molar-refractivity contribution in [3.63, 3.8) is 0 Å². The zero-order valence-electron chi connectivity index (χ0n) is 11.1. The molecule has 0 fully saturated rings. The summed E-state index contributed by atoms with van der Waals surface area (Å²) in [6.45, 7) is 1.86. The Morgan fingerprint density at radius 2 is 1.86 bits per heavy atom. The van der Waals surface area contributed by atoms with E-state index in [2.05, 4.69) is 10.5 Å². The van der Waals surface area contributed by atoms with Gasteiger partial charge in [-0.05, 0) is 30.7 Å². The van der Waals surface area contributed by atoms with Crippen LogP contribution in [-0.2, 0) is 6.18 Å². The molecule has 0 heterocycles. The maximum Gasteiger partial charge on any atom is 0.417 e. The number of rotatable bonds is 3. The third-order valence-corrected chi connectivity index (χ3v) is 3.24. The van der Waals surface area contributed by atoms with E-state index < -0.39 is 11.7 Å². The van der Waals surface area contributed by atoms with Crippen molar-refractivity contribution < 1.29 is 13.2 Å². The van der Waals surface area contributed by atoms with Crippen molar-refractivity contribution in [3.8, 4) is 0 Å². The van der Waals surface area contributed by atoms with Crippen molar-refractivity contribution in [2.24, 2.45) is 5.10 Å². The Balaban J connectivity index is 2.17. The van der Waals surface area contributed by atoms with Crippen molar-refractivity contribution in [3.05, 3.63) is 64.2 Å². The summed E-state index contributed by atoms with van der Waals surface area (Å²) in [6, 6.07) is 10.4. The Bertz CT molecular complexity index is 666. The second-order valence-electron chi connectivity index (χ2n) is 4.42. The van der Waals surface area contributed by atoms with Gasteiger partial charge >= 0.3 is 6.18 Å². The van der Waals surface area contributed by atoms with E-state index in [1.807, 2.05) is 6.92 Å². The van der Waals surface area contributed by atoms with Crippen molar-refractivity contribution in [1.29, 1.82) is 0 Å². The van der Waals surface area contributed by atoms with Crippen LogP contribution in [-0.4, -0.2) is 6.21 Å². The highest BCUT2D eigenvalue weighted by Crippen LogP contribution is 2.31.